The van der Waals surface area contributed by atoms with Crippen molar-refractivity contribution in [1.82, 2.24) is 10.2 Å². The summed E-state index contributed by atoms with van der Waals surface area (Å²) in [5.41, 5.74) is 2.42. The number of nitrogens with one attached hydrogen (secondary N) is 1. The first kappa shape index (κ1) is 28.9. The summed E-state index contributed by atoms with van der Waals surface area (Å²) in [4.78, 5) is 33.9. The molecule has 216 valence electrons. The third kappa shape index (κ3) is 5.27. The zero-order chi connectivity index (χ0) is 28.2. The monoisotopic (exact) mass is 555 g/mol. The lowest BCUT2D eigenvalue weighted by atomic mass is 9.46. The fourth-order valence-corrected chi connectivity index (χ4v) is 9.65. The van der Waals surface area contributed by atoms with Crippen LogP contribution < -0.4 is 5.32 Å². The molecule has 0 spiro atoms. The van der Waals surface area contributed by atoms with Crippen LogP contribution in [0.2, 0.25) is 0 Å². The van der Waals surface area contributed by atoms with Crippen molar-refractivity contribution < 1.29 is 14.4 Å². The minimum absolute atomic E-state index is 0.191. The molecule has 0 bridgehead atoms. The predicted molar refractivity (Wildman–Crippen MR) is 160 cm³/mol. The lowest BCUT2D eigenvalue weighted by Crippen LogP contribution is -2.51. The predicted octanol–water partition coefficient (Wildman–Crippen LogP) is 6.87. The van der Waals surface area contributed by atoms with Gasteiger partial charge in [0, 0.05) is 41.9 Å². The number of allylic oxidation sites excluding steroid dienone is 1. The summed E-state index contributed by atoms with van der Waals surface area (Å²) in [5, 5.41) is 7.94. The van der Waals surface area contributed by atoms with E-state index in [0.29, 0.717) is 42.4 Å². The Bertz CT molecular complexity index is 1080. The van der Waals surface area contributed by atoms with Crippen LogP contribution in [0.25, 0.3) is 0 Å². The Kier molecular flexibility index (Phi) is 7.91. The first-order valence-electron chi connectivity index (χ1n) is 15.4. The molecule has 0 aromatic carbocycles. The molecule has 4 aliphatic carbocycles. The zero-order valence-corrected chi connectivity index (χ0v) is 25.8. The van der Waals surface area contributed by atoms with Gasteiger partial charge in [-0.25, -0.2) is 4.79 Å². The maximum absolute atomic E-state index is 13.3. The second-order valence-corrected chi connectivity index (χ2v) is 15.1. The van der Waals surface area contributed by atoms with Crippen molar-refractivity contribution in [3.05, 3.63) is 11.6 Å². The van der Waals surface area contributed by atoms with Gasteiger partial charge in [-0.3, -0.25) is 9.63 Å². The summed E-state index contributed by atoms with van der Waals surface area (Å²) < 4.78 is 0. The summed E-state index contributed by atoms with van der Waals surface area (Å²) in [5.74, 6) is 2.74. The second kappa shape index (κ2) is 10.7. The maximum Gasteiger partial charge on any atom is 0.436 e. The highest BCUT2D eigenvalue weighted by Crippen LogP contribution is 2.66. The molecular weight excluding hydrogens is 506 g/mol. The van der Waals surface area contributed by atoms with Crippen LogP contribution in [0, 0.1) is 34.5 Å². The molecule has 0 aromatic rings. The topological polar surface area (TPSA) is 71.0 Å². The molecule has 3 saturated carbocycles. The van der Waals surface area contributed by atoms with Gasteiger partial charge in [0.05, 0.1) is 5.71 Å². The number of hydrogen-bond acceptors (Lipinski definition) is 6. The summed E-state index contributed by atoms with van der Waals surface area (Å²) in [7, 11) is 0. The minimum atomic E-state index is -0.374. The van der Waals surface area contributed by atoms with Crippen molar-refractivity contribution in [2.75, 3.05) is 13.1 Å². The van der Waals surface area contributed by atoms with Gasteiger partial charge in [0.15, 0.2) is 5.78 Å². The highest BCUT2D eigenvalue weighted by Gasteiger charge is 2.59. The molecule has 4 fully saturated rings. The summed E-state index contributed by atoms with van der Waals surface area (Å²) >= 11 is 5.49. The molecule has 0 radical (unpaired) electrons. The van der Waals surface area contributed by atoms with E-state index in [-0.39, 0.29) is 28.5 Å². The van der Waals surface area contributed by atoms with Crippen LogP contribution in [0.1, 0.15) is 106 Å². The SMILES string of the molecule is C/C(=N\OC(=O)N(CCC1NCCC1=S)C(C)(C)C)[C@H]1CC[C@H]2[C@@H]3CCC4=CC(=O)CC[C@]4(C)[C@H]3CC[C@]12C. The van der Waals surface area contributed by atoms with Gasteiger partial charge in [-0.15, -0.1) is 0 Å². The van der Waals surface area contributed by atoms with Crippen LogP contribution in [0.4, 0.5) is 4.79 Å². The van der Waals surface area contributed by atoms with Gasteiger partial charge in [0.2, 0.25) is 0 Å². The smallest absolute Gasteiger partial charge is 0.309 e. The van der Waals surface area contributed by atoms with E-state index in [1.165, 1.54) is 31.3 Å². The molecule has 1 N–H and O–H groups in total. The highest BCUT2D eigenvalue weighted by molar-refractivity contribution is 7.80. The van der Waals surface area contributed by atoms with Crippen molar-refractivity contribution >= 4 is 34.7 Å². The van der Waals surface area contributed by atoms with E-state index >= 15 is 0 Å². The van der Waals surface area contributed by atoms with Gasteiger partial charge >= 0.3 is 6.09 Å². The third-order valence-corrected chi connectivity index (χ3v) is 12.0. The van der Waals surface area contributed by atoms with Crippen LogP contribution in [0.15, 0.2) is 16.8 Å². The Balaban J connectivity index is 1.26. The minimum Gasteiger partial charge on any atom is -0.309 e. The molecule has 5 aliphatic rings. The van der Waals surface area contributed by atoms with Crippen molar-refractivity contribution in [1.29, 1.82) is 0 Å². The second-order valence-electron chi connectivity index (χ2n) is 14.6. The number of oxime groups is 1. The van der Waals surface area contributed by atoms with Crippen molar-refractivity contribution in [3.8, 4) is 0 Å². The van der Waals surface area contributed by atoms with E-state index in [1.807, 2.05) is 26.8 Å². The maximum atomic E-state index is 13.3. The number of hydrogen-bond donors (Lipinski definition) is 1. The van der Waals surface area contributed by atoms with E-state index in [0.717, 1.165) is 49.2 Å². The van der Waals surface area contributed by atoms with E-state index in [2.05, 4.69) is 31.2 Å². The van der Waals surface area contributed by atoms with E-state index in [1.54, 1.807) is 4.90 Å². The van der Waals surface area contributed by atoms with Crippen LogP contribution in [0.5, 0.6) is 0 Å². The van der Waals surface area contributed by atoms with Gasteiger partial charge in [-0.05, 0) is 120 Å². The fourth-order valence-electron chi connectivity index (χ4n) is 9.35. The van der Waals surface area contributed by atoms with Crippen molar-refractivity contribution in [3.63, 3.8) is 0 Å². The van der Waals surface area contributed by atoms with Crippen molar-refractivity contribution in [2.24, 2.45) is 39.7 Å². The number of carbonyl (C=O) groups is 2. The number of nitrogens with zero attached hydrogens (tertiary/aromatic N) is 2. The lowest BCUT2D eigenvalue weighted by molar-refractivity contribution is -0.117. The Morgan fingerprint density at radius 2 is 1.90 bits per heavy atom. The number of thiocarbonyl (C=S) groups is 1. The van der Waals surface area contributed by atoms with E-state index in [9.17, 15) is 9.59 Å². The summed E-state index contributed by atoms with van der Waals surface area (Å²) in [6.45, 7) is 14.6. The number of rotatable bonds is 5. The molecule has 7 atom stereocenters. The normalized spacial score (nSPS) is 38.6. The van der Waals surface area contributed by atoms with Gasteiger partial charge < -0.3 is 10.2 Å². The average molecular weight is 556 g/mol. The quantitative estimate of drug-likeness (QED) is 0.173. The van der Waals surface area contributed by atoms with E-state index < -0.39 is 0 Å². The Labute approximate surface area is 240 Å². The number of ketones is 1. The molecule has 0 aromatic heterocycles. The first-order valence-corrected chi connectivity index (χ1v) is 15.8. The molecule has 1 saturated heterocycles. The average Bonchev–Trinajstić information content (AvgIpc) is 3.44. The molecule has 1 heterocycles. The lowest BCUT2D eigenvalue weighted by Gasteiger charge is -2.58. The Morgan fingerprint density at radius 1 is 1.13 bits per heavy atom. The zero-order valence-electron chi connectivity index (χ0n) is 25.0. The van der Waals surface area contributed by atoms with Crippen LogP contribution in [-0.4, -0.2) is 52.0 Å². The number of fused-ring (bicyclic) bond motifs is 5. The van der Waals surface area contributed by atoms with Gasteiger partial charge in [0.25, 0.3) is 0 Å². The van der Waals surface area contributed by atoms with Crippen LogP contribution in [0.3, 0.4) is 0 Å². The Hall–Kier alpha value is -1.60. The van der Waals surface area contributed by atoms with Gasteiger partial charge in [-0.2, -0.15) is 0 Å². The number of carbonyl (C=O) groups excluding carboxylic acids is 2. The largest absolute Gasteiger partial charge is 0.436 e. The molecule has 5 rings (SSSR count). The van der Waals surface area contributed by atoms with Crippen molar-refractivity contribution in [2.45, 2.75) is 117 Å². The summed E-state index contributed by atoms with van der Waals surface area (Å²) in [6, 6.07) is 0.191. The van der Waals surface area contributed by atoms with Crippen LogP contribution >= 0.6 is 12.2 Å². The molecule has 1 amide bonds. The molecule has 39 heavy (non-hydrogen) atoms. The van der Waals surface area contributed by atoms with Crippen LogP contribution in [-0.2, 0) is 9.63 Å². The van der Waals surface area contributed by atoms with Gasteiger partial charge in [0.1, 0.15) is 0 Å². The van der Waals surface area contributed by atoms with E-state index in [4.69, 9.17) is 17.1 Å². The van der Waals surface area contributed by atoms with Gasteiger partial charge in [-0.1, -0.05) is 36.8 Å². The standard InChI is InChI=1S/C32H49N3O3S/c1-20(34-38-29(37)35(30(2,3)4)18-14-27-28(39)13-17-33-27)24-9-10-25-23-8-7-21-19-22(36)11-15-31(21,5)26(23)12-16-32(24,25)6/h19,23-27,33H,7-18H2,1-6H3/b34-20+/t23-,24+,25-,26-,27?,31-,32+/m0/s1. The molecule has 1 unspecified atom stereocenters. The third-order valence-electron chi connectivity index (χ3n) is 11.6. The molecular formula is C32H49N3O3S. The molecule has 6 nitrogen and oxygen atoms in total. The Morgan fingerprint density at radius 3 is 2.59 bits per heavy atom. The molecule has 7 heteroatoms. The first-order chi connectivity index (χ1) is 18.3. The fraction of sp³-hybridized carbons (Fsp3) is 0.812. The molecule has 1 aliphatic heterocycles. The summed E-state index contributed by atoms with van der Waals surface area (Å²) in [6.07, 6.45) is 12.1. The number of amides is 1. The highest BCUT2D eigenvalue weighted by atomic mass is 32.1.